The summed E-state index contributed by atoms with van der Waals surface area (Å²) in [4.78, 5) is 5.24. The first-order valence-electron chi connectivity index (χ1n) is 26.2. The average Bonchev–Trinajstić information content (AvgIpc) is 4.10. The predicted octanol–water partition coefficient (Wildman–Crippen LogP) is 13.6. The van der Waals surface area contributed by atoms with Gasteiger partial charge in [0.1, 0.15) is 11.6 Å². The first-order chi connectivity index (χ1) is 36.0. The molecule has 2 saturated carbocycles. The maximum absolute atomic E-state index is 16.2. The van der Waals surface area contributed by atoms with Crippen LogP contribution in [0.25, 0.3) is 44.3 Å². The standard InChI is InChI=1S/C66H58F2N6/c1-43-29-59-48(35-69-73(59)53-25-23-52(67)24-26-53)32-56(43)66-42-72(40-62(66)64(66,4)51-21-12-7-13-22-51)38-46-17-14-18-47(31-46)55-34-54(27-28-58(55)68)74-60-30-44(2)57(33-49(60)36-70-74)65-41-71(37-45-15-8-5-9-16-45)39-61(65)63(65,3)50-19-10-6-11-20-50/h5-36,61-62H,37-42H2,1-4H3/t61-,62+,63+,64-,65+,66-/m0/s1. The minimum Gasteiger partial charge on any atom is -0.298 e. The second-order valence-corrected chi connectivity index (χ2v) is 22.4. The Labute approximate surface area is 431 Å². The van der Waals surface area contributed by atoms with Crippen LogP contribution in [0, 0.1) is 37.3 Å². The molecule has 0 unspecified atom stereocenters. The summed E-state index contributed by atoms with van der Waals surface area (Å²) >= 11 is 0. The molecule has 10 aromatic rings. The summed E-state index contributed by atoms with van der Waals surface area (Å²) in [6.45, 7) is 15.0. The number of piperidine rings is 2. The van der Waals surface area contributed by atoms with E-state index in [1.807, 2.05) is 40.0 Å². The second-order valence-electron chi connectivity index (χ2n) is 22.4. The lowest BCUT2D eigenvalue weighted by molar-refractivity contribution is 0.260. The number of nitrogens with zero attached hydrogens (tertiary/aromatic N) is 6. The van der Waals surface area contributed by atoms with Gasteiger partial charge in [0.05, 0.1) is 34.8 Å². The molecule has 366 valence electrons. The van der Waals surface area contributed by atoms with Gasteiger partial charge < -0.3 is 0 Å². The molecule has 4 heterocycles. The molecule has 4 fully saturated rings. The van der Waals surface area contributed by atoms with Gasteiger partial charge in [0.2, 0.25) is 0 Å². The van der Waals surface area contributed by atoms with Crippen LogP contribution < -0.4 is 0 Å². The van der Waals surface area contributed by atoms with Crippen LogP contribution in [-0.2, 0) is 34.7 Å². The molecule has 2 aliphatic carbocycles. The number of likely N-dealkylation sites (tertiary alicyclic amines) is 2. The lowest BCUT2D eigenvalue weighted by Crippen LogP contribution is -2.35. The van der Waals surface area contributed by atoms with Gasteiger partial charge in [-0.15, -0.1) is 0 Å². The van der Waals surface area contributed by atoms with Gasteiger partial charge in [-0.1, -0.05) is 123 Å². The van der Waals surface area contributed by atoms with Gasteiger partial charge in [0.25, 0.3) is 0 Å². The van der Waals surface area contributed by atoms with Gasteiger partial charge >= 0.3 is 0 Å². The Hall–Kier alpha value is -7.52. The second kappa shape index (κ2) is 16.5. The first-order valence-corrected chi connectivity index (χ1v) is 26.2. The van der Waals surface area contributed by atoms with E-state index in [-0.39, 0.29) is 33.3 Å². The normalized spacial score (nSPS) is 25.2. The summed E-state index contributed by atoms with van der Waals surface area (Å²) in [5.41, 5.74) is 15.5. The minimum atomic E-state index is -0.265. The van der Waals surface area contributed by atoms with E-state index < -0.39 is 0 Å². The molecule has 4 aliphatic rings. The fourth-order valence-electron chi connectivity index (χ4n) is 15.1. The van der Waals surface area contributed by atoms with Crippen molar-refractivity contribution in [3.63, 3.8) is 0 Å². The number of rotatable bonds is 11. The third-order valence-electron chi connectivity index (χ3n) is 18.8. The topological polar surface area (TPSA) is 42.1 Å². The molecule has 2 saturated heterocycles. The zero-order valence-electron chi connectivity index (χ0n) is 42.3. The molecule has 0 amide bonds. The molecular weight excluding hydrogens is 915 g/mol. The molecule has 0 radical (unpaired) electrons. The molecule has 2 aromatic heterocycles. The maximum Gasteiger partial charge on any atom is 0.131 e. The Bertz CT molecular complexity index is 3810. The smallest absolute Gasteiger partial charge is 0.131 e. The van der Waals surface area contributed by atoms with Gasteiger partial charge in [-0.05, 0) is 149 Å². The molecular formula is C66H58F2N6. The van der Waals surface area contributed by atoms with Crippen LogP contribution in [-0.4, -0.2) is 55.5 Å². The van der Waals surface area contributed by atoms with E-state index in [9.17, 15) is 4.39 Å². The lowest BCUT2D eigenvalue weighted by atomic mass is 9.80. The highest BCUT2D eigenvalue weighted by atomic mass is 19.1. The van der Waals surface area contributed by atoms with Crippen molar-refractivity contribution in [2.45, 2.75) is 62.4 Å². The number of fused-ring (bicyclic) bond motifs is 4. The monoisotopic (exact) mass is 972 g/mol. The van der Waals surface area contributed by atoms with Crippen LogP contribution in [0.3, 0.4) is 0 Å². The number of aromatic nitrogens is 4. The van der Waals surface area contributed by atoms with Crippen molar-refractivity contribution >= 4 is 21.8 Å². The zero-order valence-corrected chi connectivity index (χ0v) is 42.3. The quantitative estimate of drug-likeness (QED) is 0.130. The van der Waals surface area contributed by atoms with Crippen LogP contribution in [0.4, 0.5) is 8.78 Å². The molecule has 2 aliphatic heterocycles. The summed E-state index contributed by atoms with van der Waals surface area (Å²) in [5.74, 6) is 0.364. The van der Waals surface area contributed by atoms with Crippen LogP contribution in [0.1, 0.15) is 58.4 Å². The minimum absolute atomic E-state index is 0.0173. The van der Waals surface area contributed by atoms with Crippen LogP contribution in [0.2, 0.25) is 0 Å². The van der Waals surface area contributed by atoms with E-state index in [4.69, 9.17) is 10.2 Å². The predicted molar refractivity (Wildman–Crippen MR) is 292 cm³/mol. The van der Waals surface area contributed by atoms with E-state index in [0.29, 0.717) is 17.4 Å². The largest absolute Gasteiger partial charge is 0.298 e. The Morgan fingerprint density at radius 3 is 1.54 bits per heavy atom. The van der Waals surface area contributed by atoms with Gasteiger partial charge in [-0.2, -0.15) is 10.2 Å². The Kier molecular flexibility index (Phi) is 10.1. The number of benzene rings is 8. The number of halogens is 2. The molecule has 8 heteroatoms. The fourth-order valence-corrected chi connectivity index (χ4v) is 15.1. The van der Waals surface area contributed by atoms with Crippen molar-refractivity contribution in [3.8, 4) is 22.5 Å². The summed E-state index contributed by atoms with van der Waals surface area (Å²) in [7, 11) is 0. The molecule has 14 rings (SSSR count). The fraction of sp³-hybridized carbons (Fsp3) is 0.242. The highest BCUT2D eigenvalue weighted by Crippen LogP contribution is 2.75. The van der Waals surface area contributed by atoms with Crippen molar-refractivity contribution < 1.29 is 8.78 Å². The third-order valence-corrected chi connectivity index (χ3v) is 18.8. The molecule has 74 heavy (non-hydrogen) atoms. The van der Waals surface area contributed by atoms with Crippen LogP contribution >= 0.6 is 0 Å². The highest BCUT2D eigenvalue weighted by molar-refractivity contribution is 5.85. The molecule has 0 N–H and O–H groups in total. The SMILES string of the molecule is Cc1cc2c(cnn2-c2ccc(F)cc2)cc1[C@@]12CN(Cc3cccc(-c4cc(-n5ncc6cc([C@]78CN(Cc9ccccc9)C[C@H]7[C@@]8(C)c7ccccc7)c(C)cc65)ccc4F)c3)C[C@@H]1[C@]2(C)c1ccccc1. The maximum atomic E-state index is 16.2. The number of hydrogen-bond donors (Lipinski definition) is 0. The van der Waals surface area contributed by atoms with E-state index in [1.54, 1.807) is 18.2 Å². The van der Waals surface area contributed by atoms with Crippen molar-refractivity contribution in [1.29, 1.82) is 0 Å². The third kappa shape index (κ3) is 6.53. The zero-order chi connectivity index (χ0) is 50.1. The van der Waals surface area contributed by atoms with Gasteiger partial charge in [0, 0.05) is 77.3 Å². The van der Waals surface area contributed by atoms with E-state index in [0.717, 1.165) is 83.6 Å². The Morgan fingerprint density at radius 1 is 0.500 bits per heavy atom. The Morgan fingerprint density at radius 2 is 0.986 bits per heavy atom. The molecule has 8 aromatic carbocycles. The van der Waals surface area contributed by atoms with Crippen LogP contribution in [0.15, 0.2) is 194 Å². The summed E-state index contributed by atoms with van der Waals surface area (Å²) in [5, 5.41) is 11.9. The highest BCUT2D eigenvalue weighted by Gasteiger charge is 2.79. The van der Waals surface area contributed by atoms with Crippen molar-refractivity contribution in [2.75, 3.05) is 26.2 Å². The number of aryl methyl sites for hydroxylation is 2. The summed E-state index contributed by atoms with van der Waals surface area (Å²) in [6.07, 6.45) is 3.93. The van der Waals surface area contributed by atoms with Gasteiger partial charge in [-0.25, -0.2) is 18.1 Å². The average molecular weight is 973 g/mol. The molecule has 0 bridgehead atoms. The van der Waals surface area contributed by atoms with Gasteiger partial charge in [0.15, 0.2) is 0 Å². The van der Waals surface area contributed by atoms with Crippen molar-refractivity contribution in [1.82, 2.24) is 29.4 Å². The van der Waals surface area contributed by atoms with Gasteiger partial charge in [-0.3, -0.25) is 9.80 Å². The summed E-state index contributed by atoms with van der Waals surface area (Å²) in [6, 6.07) is 62.7. The molecule has 6 atom stereocenters. The number of hydrogen-bond acceptors (Lipinski definition) is 4. The molecule has 0 spiro atoms. The lowest BCUT2D eigenvalue weighted by Gasteiger charge is -2.31. The Balaban J connectivity index is 0.755. The van der Waals surface area contributed by atoms with Crippen molar-refractivity contribution in [3.05, 3.63) is 251 Å². The van der Waals surface area contributed by atoms with Crippen molar-refractivity contribution in [2.24, 2.45) is 11.8 Å². The summed E-state index contributed by atoms with van der Waals surface area (Å²) < 4.78 is 34.0. The van der Waals surface area contributed by atoms with E-state index >= 15 is 4.39 Å². The van der Waals surface area contributed by atoms with E-state index in [2.05, 4.69) is 171 Å². The van der Waals surface area contributed by atoms with Crippen LogP contribution in [0.5, 0.6) is 0 Å². The first kappa shape index (κ1) is 45.1. The van der Waals surface area contributed by atoms with E-state index in [1.165, 1.54) is 51.1 Å². The molecule has 6 nitrogen and oxygen atoms in total.